The molecular formula is C13H23NO4. The molecule has 1 heterocycles. The van der Waals surface area contributed by atoms with Crippen LogP contribution in [-0.4, -0.2) is 45.6 Å². The number of aliphatic carboxylic acids is 1. The van der Waals surface area contributed by atoms with E-state index in [1.807, 2.05) is 0 Å². The van der Waals surface area contributed by atoms with Gasteiger partial charge in [0.05, 0.1) is 12.2 Å². The van der Waals surface area contributed by atoms with Crippen LogP contribution in [0.5, 0.6) is 0 Å². The number of hydrogen-bond donors (Lipinski definition) is 4. The predicted molar refractivity (Wildman–Crippen MR) is 66.2 cm³/mol. The Morgan fingerprint density at radius 3 is 2.83 bits per heavy atom. The summed E-state index contributed by atoms with van der Waals surface area (Å²) in [5, 5.41) is 32.1. The van der Waals surface area contributed by atoms with Crippen LogP contribution in [-0.2, 0) is 4.79 Å². The third-order valence-corrected chi connectivity index (χ3v) is 4.87. The number of aliphatic hydroxyl groups excluding tert-OH is 2. The van der Waals surface area contributed by atoms with E-state index in [2.05, 4.69) is 5.32 Å². The number of fused-ring (bicyclic) bond motifs is 1. The van der Waals surface area contributed by atoms with Gasteiger partial charge < -0.3 is 15.3 Å². The third-order valence-electron chi connectivity index (χ3n) is 4.87. The summed E-state index contributed by atoms with van der Waals surface area (Å²) in [5.41, 5.74) is -1.50. The monoisotopic (exact) mass is 257 g/mol. The second-order valence-electron chi connectivity index (χ2n) is 5.86. The van der Waals surface area contributed by atoms with Crippen molar-refractivity contribution in [1.29, 1.82) is 0 Å². The molecule has 2 unspecified atom stereocenters. The fraction of sp³-hybridized carbons (Fsp3) is 0.923. The van der Waals surface area contributed by atoms with Crippen molar-refractivity contribution in [1.82, 2.24) is 5.32 Å². The molecule has 1 saturated heterocycles. The highest BCUT2D eigenvalue weighted by atomic mass is 16.4. The summed E-state index contributed by atoms with van der Waals surface area (Å²) in [7, 11) is 0. The predicted octanol–water partition coefficient (Wildman–Crippen LogP) is 0.495. The Labute approximate surface area is 107 Å². The zero-order valence-corrected chi connectivity index (χ0v) is 10.9. The minimum absolute atomic E-state index is 0.362. The highest BCUT2D eigenvalue weighted by molar-refractivity contribution is 5.81. The van der Waals surface area contributed by atoms with Gasteiger partial charge in [-0.05, 0) is 32.6 Å². The fourth-order valence-corrected chi connectivity index (χ4v) is 3.93. The van der Waals surface area contributed by atoms with Crippen LogP contribution in [0, 0.1) is 5.41 Å². The normalized spacial score (nSPS) is 40.7. The number of nitrogens with one attached hydrogen (secondary N) is 1. The van der Waals surface area contributed by atoms with E-state index >= 15 is 0 Å². The van der Waals surface area contributed by atoms with Gasteiger partial charge in [-0.25, -0.2) is 0 Å². The number of β-amino-alcohol motifs (C(OH)–C–C–N with tert-alkyl or cyclic N) is 1. The molecule has 1 aliphatic carbocycles. The first-order chi connectivity index (χ1) is 8.44. The molecule has 0 aromatic rings. The molecule has 104 valence electrons. The molecule has 0 spiro atoms. The Morgan fingerprint density at radius 1 is 1.50 bits per heavy atom. The van der Waals surface area contributed by atoms with Crippen molar-refractivity contribution in [3.05, 3.63) is 0 Å². The summed E-state index contributed by atoms with van der Waals surface area (Å²) < 4.78 is 0. The number of carboxylic acid groups (broad SMARTS) is 1. The molecule has 0 amide bonds. The van der Waals surface area contributed by atoms with Crippen LogP contribution >= 0.6 is 0 Å². The average molecular weight is 257 g/mol. The Bertz CT molecular complexity index is 333. The van der Waals surface area contributed by atoms with Crippen LogP contribution in [0.1, 0.15) is 45.4 Å². The highest BCUT2D eigenvalue weighted by Crippen LogP contribution is 2.55. The molecule has 2 aliphatic rings. The van der Waals surface area contributed by atoms with E-state index in [9.17, 15) is 20.1 Å². The summed E-state index contributed by atoms with van der Waals surface area (Å²) in [6, 6.07) is 0. The fourth-order valence-electron chi connectivity index (χ4n) is 3.93. The standard InChI is InChI=1S/C13H23NO4/c1-9(15)4-2-5-12-6-3-7-13(12,11(17)18)14-8-10(12)16/h9-10,14-16H,2-8H2,1H3,(H,17,18)/t9?,10?,12-,13+/m0/s1. The van der Waals surface area contributed by atoms with Crippen molar-refractivity contribution in [3.8, 4) is 0 Å². The molecule has 5 heteroatoms. The van der Waals surface area contributed by atoms with Crippen LogP contribution in [0.4, 0.5) is 0 Å². The van der Waals surface area contributed by atoms with Crippen molar-refractivity contribution in [2.45, 2.75) is 63.2 Å². The van der Waals surface area contributed by atoms with Gasteiger partial charge in [0, 0.05) is 12.0 Å². The number of rotatable bonds is 5. The lowest BCUT2D eigenvalue weighted by Gasteiger charge is -2.39. The topological polar surface area (TPSA) is 89.8 Å². The summed E-state index contributed by atoms with van der Waals surface area (Å²) in [4.78, 5) is 11.6. The SMILES string of the molecule is CC(O)CCC[C@@]12CCC[C@]1(C(=O)O)NCC2O. The summed E-state index contributed by atoms with van der Waals surface area (Å²) in [5.74, 6) is -0.839. The quantitative estimate of drug-likeness (QED) is 0.576. The van der Waals surface area contributed by atoms with Gasteiger partial charge >= 0.3 is 5.97 Å². The van der Waals surface area contributed by atoms with Crippen LogP contribution in [0.15, 0.2) is 0 Å². The molecule has 4 atom stereocenters. The third kappa shape index (κ3) is 1.85. The molecule has 1 saturated carbocycles. The molecule has 0 radical (unpaired) electrons. The Hall–Kier alpha value is -0.650. The van der Waals surface area contributed by atoms with E-state index in [0.717, 1.165) is 19.3 Å². The van der Waals surface area contributed by atoms with E-state index in [0.29, 0.717) is 25.8 Å². The molecular weight excluding hydrogens is 234 g/mol. The Morgan fingerprint density at radius 2 is 2.22 bits per heavy atom. The number of carboxylic acids is 1. The molecule has 0 aromatic heterocycles. The van der Waals surface area contributed by atoms with Crippen LogP contribution in [0.25, 0.3) is 0 Å². The van der Waals surface area contributed by atoms with Gasteiger partial charge in [0.1, 0.15) is 5.54 Å². The van der Waals surface area contributed by atoms with Gasteiger partial charge in [-0.15, -0.1) is 0 Å². The molecule has 2 rings (SSSR count). The first-order valence-corrected chi connectivity index (χ1v) is 6.79. The van der Waals surface area contributed by atoms with E-state index in [-0.39, 0.29) is 6.10 Å². The van der Waals surface area contributed by atoms with Gasteiger partial charge in [-0.3, -0.25) is 10.1 Å². The van der Waals surface area contributed by atoms with E-state index in [1.54, 1.807) is 6.92 Å². The molecule has 18 heavy (non-hydrogen) atoms. The maximum Gasteiger partial charge on any atom is 0.324 e. The summed E-state index contributed by atoms with van der Waals surface area (Å²) >= 11 is 0. The second kappa shape index (κ2) is 4.79. The minimum atomic E-state index is -0.953. The van der Waals surface area contributed by atoms with Gasteiger partial charge in [0.2, 0.25) is 0 Å². The second-order valence-corrected chi connectivity index (χ2v) is 5.86. The molecule has 4 N–H and O–H groups in total. The Balaban J connectivity index is 2.17. The lowest BCUT2D eigenvalue weighted by molar-refractivity contribution is -0.150. The Kier molecular flexibility index (Phi) is 3.67. The van der Waals surface area contributed by atoms with E-state index in [4.69, 9.17) is 0 Å². The van der Waals surface area contributed by atoms with E-state index in [1.165, 1.54) is 0 Å². The molecule has 0 aromatic carbocycles. The molecule has 1 aliphatic heterocycles. The molecule has 5 nitrogen and oxygen atoms in total. The maximum absolute atomic E-state index is 11.6. The number of aliphatic hydroxyl groups is 2. The highest BCUT2D eigenvalue weighted by Gasteiger charge is 2.66. The van der Waals surface area contributed by atoms with Crippen molar-refractivity contribution in [2.24, 2.45) is 5.41 Å². The van der Waals surface area contributed by atoms with Crippen LogP contribution in [0.2, 0.25) is 0 Å². The lowest BCUT2D eigenvalue weighted by Crippen LogP contribution is -2.56. The zero-order valence-electron chi connectivity index (χ0n) is 10.9. The van der Waals surface area contributed by atoms with Crippen molar-refractivity contribution in [3.63, 3.8) is 0 Å². The summed E-state index contributed by atoms with van der Waals surface area (Å²) in [6.45, 7) is 2.10. The van der Waals surface area contributed by atoms with Crippen LogP contribution in [0.3, 0.4) is 0 Å². The molecule has 2 fully saturated rings. The van der Waals surface area contributed by atoms with Gasteiger partial charge in [0.15, 0.2) is 0 Å². The first kappa shape index (κ1) is 13.8. The lowest BCUT2D eigenvalue weighted by atomic mass is 9.68. The van der Waals surface area contributed by atoms with Crippen molar-refractivity contribution >= 4 is 5.97 Å². The average Bonchev–Trinajstić information content (AvgIpc) is 2.77. The van der Waals surface area contributed by atoms with Gasteiger partial charge in [-0.2, -0.15) is 0 Å². The van der Waals surface area contributed by atoms with E-state index < -0.39 is 23.0 Å². The van der Waals surface area contributed by atoms with Gasteiger partial charge in [0.25, 0.3) is 0 Å². The van der Waals surface area contributed by atoms with Gasteiger partial charge in [-0.1, -0.05) is 12.8 Å². The zero-order chi connectivity index (χ0) is 13.4. The summed E-state index contributed by atoms with van der Waals surface area (Å²) in [6.07, 6.45) is 3.30. The van der Waals surface area contributed by atoms with Crippen molar-refractivity contribution < 1.29 is 20.1 Å². The molecule has 0 bridgehead atoms. The smallest absolute Gasteiger partial charge is 0.324 e. The van der Waals surface area contributed by atoms with Crippen molar-refractivity contribution in [2.75, 3.05) is 6.54 Å². The van der Waals surface area contributed by atoms with Crippen LogP contribution < -0.4 is 5.32 Å². The maximum atomic E-state index is 11.6. The number of carbonyl (C=O) groups is 1. The first-order valence-electron chi connectivity index (χ1n) is 6.79. The number of hydrogen-bond acceptors (Lipinski definition) is 4. The largest absolute Gasteiger partial charge is 0.480 e. The minimum Gasteiger partial charge on any atom is -0.480 e.